The third-order valence-electron chi connectivity index (χ3n) is 4.09. The van der Waals surface area contributed by atoms with Crippen LogP contribution in [0, 0.1) is 12.8 Å². The topological polar surface area (TPSA) is 34.9 Å². The molecule has 1 unspecified atom stereocenters. The molecule has 3 rings (SSSR count). The third kappa shape index (κ3) is 2.95. The Morgan fingerprint density at radius 3 is 2.43 bits per heavy atom. The van der Waals surface area contributed by atoms with E-state index in [2.05, 4.69) is 46.9 Å². The van der Waals surface area contributed by atoms with Crippen molar-refractivity contribution in [2.24, 2.45) is 5.92 Å². The monoisotopic (exact) mass is 370 g/mol. The van der Waals surface area contributed by atoms with Gasteiger partial charge in [0.2, 0.25) is 0 Å². The highest BCUT2D eigenvalue weighted by Gasteiger charge is 2.22. The molecule has 0 aliphatic heterocycles. The molecule has 0 bridgehead atoms. The van der Waals surface area contributed by atoms with Crippen molar-refractivity contribution >= 4 is 26.8 Å². The van der Waals surface area contributed by atoms with E-state index in [4.69, 9.17) is 0 Å². The fourth-order valence-electron chi connectivity index (χ4n) is 3.09. The van der Waals surface area contributed by atoms with Crippen LogP contribution in [0.15, 0.2) is 57.8 Å². The predicted octanol–water partition coefficient (Wildman–Crippen LogP) is 4.71. The molecule has 1 aromatic heterocycles. The molecule has 0 aliphatic carbocycles. The Morgan fingerprint density at radius 1 is 1.09 bits per heavy atom. The lowest BCUT2D eigenvalue weighted by molar-refractivity contribution is 0.416. The second-order valence-electron chi connectivity index (χ2n) is 6.10. The summed E-state index contributed by atoms with van der Waals surface area (Å²) < 4.78 is 2.72. The van der Waals surface area contributed by atoms with Crippen LogP contribution < -0.4 is 5.56 Å². The van der Waals surface area contributed by atoms with Gasteiger partial charge in [-0.15, -0.1) is 0 Å². The van der Waals surface area contributed by atoms with Gasteiger partial charge in [-0.1, -0.05) is 60.1 Å². The van der Waals surface area contributed by atoms with Gasteiger partial charge in [0.05, 0.1) is 16.9 Å². The Balaban J connectivity index is 2.31. The maximum atomic E-state index is 13.1. The minimum Gasteiger partial charge on any atom is -0.288 e. The number of benzene rings is 2. The molecule has 0 radical (unpaired) electrons. The van der Waals surface area contributed by atoms with Gasteiger partial charge in [0.25, 0.3) is 5.56 Å². The Labute approximate surface area is 144 Å². The zero-order chi connectivity index (χ0) is 16.6. The molecule has 0 spiro atoms. The fraction of sp³-hybridized carbons (Fsp3) is 0.263. The SMILES string of the molecule is Cc1nc2ccc(Br)cc2c(=O)n1C(c1ccccc1)C(C)C. The Hall–Kier alpha value is -1.94. The van der Waals surface area contributed by atoms with E-state index in [1.807, 2.05) is 47.9 Å². The largest absolute Gasteiger partial charge is 0.288 e. The maximum absolute atomic E-state index is 13.1. The average Bonchev–Trinajstić information content (AvgIpc) is 2.52. The van der Waals surface area contributed by atoms with Gasteiger partial charge in [0.15, 0.2) is 0 Å². The van der Waals surface area contributed by atoms with Crippen LogP contribution in [0.3, 0.4) is 0 Å². The standard InChI is InChI=1S/C19H19BrN2O/c1-12(2)18(14-7-5-4-6-8-14)22-13(3)21-17-10-9-15(20)11-16(17)19(22)23/h4-12,18H,1-3H3. The summed E-state index contributed by atoms with van der Waals surface area (Å²) in [5, 5.41) is 0.645. The van der Waals surface area contributed by atoms with Crippen molar-refractivity contribution in [2.45, 2.75) is 26.8 Å². The Kier molecular flexibility index (Phi) is 4.35. The van der Waals surface area contributed by atoms with E-state index in [1.54, 1.807) is 0 Å². The van der Waals surface area contributed by atoms with Gasteiger partial charge in [-0.05, 0) is 36.6 Å². The number of hydrogen-bond acceptors (Lipinski definition) is 2. The summed E-state index contributed by atoms with van der Waals surface area (Å²) in [5.41, 5.74) is 1.88. The number of hydrogen-bond donors (Lipinski definition) is 0. The lowest BCUT2D eigenvalue weighted by Gasteiger charge is -2.26. The molecule has 4 heteroatoms. The van der Waals surface area contributed by atoms with Crippen molar-refractivity contribution in [3.63, 3.8) is 0 Å². The van der Waals surface area contributed by atoms with Gasteiger partial charge in [-0.3, -0.25) is 9.36 Å². The van der Waals surface area contributed by atoms with Crippen LogP contribution in [0.5, 0.6) is 0 Å². The first-order chi connectivity index (χ1) is 11.0. The zero-order valence-electron chi connectivity index (χ0n) is 13.5. The summed E-state index contributed by atoms with van der Waals surface area (Å²) in [6.07, 6.45) is 0. The molecule has 1 atom stereocenters. The predicted molar refractivity (Wildman–Crippen MR) is 97.9 cm³/mol. The van der Waals surface area contributed by atoms with Crippen LogP contribution >= 0.6 is 15.9 Å². The van der Waals surface area contributed by atoms with E-state index >= 15 is 0 Å². The van der Waals surface area contributed by atoms with E-state index in [0.29, 0.717) is 5.39 Å². The Morgan fingerprint density at radius 2 is 1.78 bits per heavy atom. The second kappa shape index (κ2) is 6.28. The minimum atomic E-state index is -0.0282. The van der Waals surface area contributed by atoms with Crippen molar-refractivity contribution in [2.75, 3.05) is 0 Å². The van der Waals surface area contributed by atoms with Gasteiger partial charge in [0, 0.05) is 4.47 Å². The van der Waals surface area contributed by atoms with Crippen LogP contribution in [0.4, 0.5) is 0 Å². The van der Waals surface area contributed by atoms with Crippen molar-refractivity contribution in [1.82, 2.24) is 9.55 Å². The molecular formula is C19H19BrN2O. The summed E-state index contributed by atoms with van der Waals surface area (Å²) in [6, 6.07) is 15.8. The molecule has 118 valence electrons. The molecular weight excluding hydrogens is 352 g/mol. The highest BCUT2D eigenvalue weighted by Crippen LogP contribution is 2.27. The van der Waals surface area contributed by atoms with Crippen molar-refractivity contribution in [3.8, 4) is 0 Å². The van der Waals surface area contributed by atoms with E-state index < -0.39 is 0 Å². The first-order valence-electron chi connectivity index (χ1n) is 7.72. The van der Waals surface area contributed by atoms with Gasteiger partial charge in [-0.2, -0.15) is 0 Å². The number of aryl methyl sites for hydroxylation is 1. The molecule has 23 heavy (non-hydrogen) atoms. The quantitative estimate of drug-likeness (QED) is 0.668. The van der Waals surface area contributed by atoms with Gasteiger partial charge < -0.3 is 0 Å². The van der Waals surface area contributed by atoms with Crippen molar-refractivity contribution < 1.29 is 0 Å². The van der Waals surface area contributed by atoms with E-state index in [-0.39, 0.29) is 17.5 Å². The fourth-order valence-corrected chi connectivity index (χ4v) is 3.45. The molecule has 0 aliphatic rings. The molecule has 0 fully saturated rings. The average molecular weight is 371 g/mol. The van der Waals surface area contributed by atoms with Crippen LogP contribution in [0.1, 0.15) is 31.3 Å². The molecule has 0 amide bonds. The van der Waals surface area contributed by atoms with Crippen LogP contribution in [0.25, 0.3) is 10.9 Å². The molecule has 0 saturated heterocycles. The summed E-state index contributed by atoms with van der Waals surface area (Å²) in [7, 11) is 0. The molecule has 0 N–H and O–H groups in total. The summed E-state index contributed by atoms with van der Waals surface area (Å²) in [5.74, 6) is 1.02. The van der Waals surface area contributed by atoms with Gasteiger partial charge in [0.1, 0.15) is 5.82 Å². The van der Waals surface area contributed by atoms with E-state index in [9.17, 15) is 4.79 Å². The number of rotatable bonds is 3. The first kappa shape index (κ1) is 15.9. The minimum absolute atomic E-state index is 0.0105. The number of aromatic nitrogens is 2. The van der Waals surface area contributed by atoms with Crippen molar-refractivity contribution in [3.05, 3.63) is 74.7 Å². The number of nitrogens with zero attached hydrogens (tertiary/aromatic N) is 2. The zero-order valence-corrected chi connectivity index (χ0v) is 15.0. The second-order valence-corrected chi connectivity index (χ2v) is 7.01. The highest BCUT2D eigenvalue weighted by atomic mass is 79.9. The van der Waals surface area contributed by atoms with Crippen LogP contribution in [0.2, 0.25) is 0 Å². The maximum Gasteiger partial charge on any atom is 0.262 e. The van der Waals surface area contributed by atoms with Crippen LogP contribution in [-0.4, -0.2) is 9.55 Å². The third-order valence-corrected chi connectivity index (χ3v) is 4.58. The van der Waals surface area contributed by atoms with Crippen LogP contribution in [-0.2, 0) is 0 Å². The summed E-state index contributed by atoms with van der Waals surface area (Å²) in [6.45, 7) is 6.17. The summed E-state index contributed by atoms with van der Waals surface area (Å²) in [4.78, 5) is 17.8. The lowest BCUT2D eigenvalue weighted by Crippen LogP contribution is -2.31. The molecule has 3 nitrogen and oxygen atoms in total. The van der Waals surface area contributed by atoms with E-state index in [1.165, 1.54) is 0 Å². The lowest BCUT2D eigenvalue weighted by atomic mass is 9.95. The molecule has 3 aromatic rings. The molecule has 1 heterocycles. The van der Waals surface area contributed by atoms with Crippen molar-refractivity contribution in [1.29, 1.82) is 0 Å². The highest BCUT2D eigenvalue weighted by molar-refractivity contribution is 9.10. The molecule has 2 aromatic carbocycles. The van der Waals surface area contributed by atoms with Gasteiger partial charge in [-0.25, -0.2) is 4.98 Å². The number of fused-ring (bicyclic) bond motifs is 1. The molecule has 0 saturated carbocycles. The smallest absolute Gasteiger partial charge is 0.262 e. The van der Waals surface area contributed by atoms with E-state index in [0.717, 1.165) is 21.4 Å². The normalized spacial score (nSPS) is 12.7. The summed E-state index contributed by atoms with van der Waals surface area (Å²) >= 11 is 3.44. The van der Waals surface area contributed by atoms with Gasteiger partial charge >= 0.3 is 0 Å². The Bertz CT molecular complexity index is 900. The first-order valence-corrected chi connectivity index (χ1v) is 8.51. The number of halogens is 1.